The summed E-state index contributed by atoms with van der Waals surface area (Å²) in [6, 6.07) is 6.63. The third kappa shape index (κ3) is 2.29. The van der Waals surface area contributed by atoms with Crippen molar-refractivity contribution in [2.75, 3.05) is 7.05 Å². The molecule has 0 atom stereocenters. The van der Waals surface area contributed by atoms with Crippen molar-refractivity contribution in [1.29, 1.82) is 0 Å². The number of aryl methyl sites for hydroxylation is 1. The molecule has 2 heteroatoms. The molecule has 3 rings (SSSR count). The molecule has 0 saturated carbocycles. The molecule has 2 N–H and O–H groups in total. The number of benzene rings is 1. The summed E-state index contributed by atoms with van der Waals surface area (Å²) in [4.78, 5) is 3.64. The van der Waals surface area contributed by atoms with Gasteiger partial charge in [-0.1, -0.05) is 25.1 Å². The summed E-state index contributed by atoms with van der Waals surface area (Å²) in [5.41, 5.74) is 9.18. The number of aromatic nitrogens is 1. The minimum Gasteiger partial charge on any atom is -0.386 e. The number of fused-ring (bicyclic) bond motifs is 3. The van der Waals surface area contributed by atoms with Gasteiger partial charge in [-0.15, -0.1) is 0 Å². The zero-order chi connectivity index (χ0) is 15.0. The lowest BCUT2D eigenvalue weighted by atomic mass is 10.0. The van der Waals surface area contributed by atoms with Gasteiger partial charge in [0.2, 0.25) is 0 Å². The van der Waals surface area contributed by atoms with E-state index in [1.807, 2.05) is 7.05 Å². The molecule has 1 aliphatic rings. The highest BCUT2D eigenvalue weighted by atomic mass is 14.9. The molecule has 0 bridgehead atoms. The standard InChI is InChI=1S/C19H24N2/c1-5-13-7-6-8-15-16-11-14(12(2)3)9-10-17(16)21-19(15)18(13)20-4/h9-11,20-21H,2,5-8H2,1,3-4H3. The highest BCUT2D eigenvalue weighted by Crippen LogP contribution is 2.35. The molecule has 1 aromatic heterocycles. The summed E-state index contributed by atoms with van der Waals surface area (Å²) < 4.78 is 0. The highest BCUT2D eigenvalue weighted by molar-refractivity contribution is 5.92. The molecule has 1 aliphatic carbocycles. The molecular formula is C19H24N2. The van der Waals surface area contributed by atoms with Gasteiger partial charge in [0.15, 0.2) is 0 Å². The molecule has 0 aliphatic heterocycles. The summed E-state index contributed by atoms with van der Waals surface area (Å²) in [5, 5.41) is 4.79. The van der Waals surface area contributed by atoms with Gasteiger partial charge in [0.05, 0.1) is 11.4 Å². The molecule has 0 spiro atoms. The van der Waals surface area contributed by atoms with E-state index in [1.54, 1.807) is 0 Å². The van der Waals surface area contributed by atoms with E-state index in [4.69, 9.17) is 0 Å². The molecule has 0 unspecified atom stereocenters. The molecule has 0 amide bonds. The topological polar surface area (TPSA) is 27.8 Å². The van der Waals surface area contributed by atoms with Crippen LogP contribution in [-0.2, 0) is 6.42 Å². The largest absolute Gasteiger partial charge is 0.386 e. The van der Waals surface area contributed by atoms with Gasteiger partial charge in [-0.2, -0.15) is 0 Å². The molecule has 110 valence electrons. The lowest BCUT2D eigenvalue weighted by Crippen LogP contribution is -2.08. The number of hydrogen-bond donors (Lipinski definition) is 2. The maximum absolute atomic E-state index is 4.07. The molecular weight excluding hydrogens is 256 g/mol. The quantitative estimate of drug-likeness (QED) is 0.824. The zero-order valence-corrected chi connectivity index (χ0v) is 13.3. The number of allylic oxidation sites excluding steroid dienone is 2. The summed E-state index contributed by atoms with van der Waals surface area (Å²) >= 11 is 0. The monoisotopic (exact) mass is 280 g/mol. The molecule has 0 radical (unpaired) electrons. The minimum absolute atomic E-state index is 1.11. The van der Waals surface area contributed by atoms with Crippen LogP contribution in [0.15, 0.2) is 30.4 Å². The van der Waals surface area contributed by atoms with Crippen molar-refractivity contribution >= 4 is 22.2 Å². The van der Waals surface area contributed by atoms with Crippen LogP contribution in [-0.4, -0.2) is 12.0 Å². The van der Waals surface area contributed by atoms with E-state index in [9.17, 15) is 0 Å². The molecule has 0 fully saturated rings. The van der Waals surface area contributed by atoms with Gasteiger partial charge >= 0.3 is 0 Å². The Labute approximate surface area is 127 Å². The van der Waals surface area contributed by atoms with Crippen molar-refractivity contribution < 1.29 is 0 Å². The first-order chi connectivity index (χ1) is 10.2. The van der Waals surface area contributed by atoms with Gasteiger partial charge in [-0.05, 0) is 61.4 Å². The Bertz CT molecular complexity index is 731. The van der Waals surface area contributed by atoms with E-state index in [2.05, 4.69) is 48.9 Å². The Morgan fingerprint density at radius 3 is 2.81 bits per heavy atom. The first kappa shape index (κ1) is 14.0. The van der Waals surface area contributed by atoms with E-state index < -0.39 is 0 Å². The van der Waals surface area contributed by atoms with Crippen molar-refractivity contribution in [1.82, 2.24) is 10.3 Å². The van der Waals surface area contributed by atoms with E-state index >= 15 is 0 Å². The number of hydrogen-bond acceptors (Lipinski definition) is 1. The Kier molecular flexibility index (Phi) is 3.62. The lowest BCUT2D eigenvalue weighted by Gasteiger charge is -2.11. The van der Waals surface area contributed by atoms with E-state index in [0.717, 1.165) is 18.4 Å². The van der Waals surface area contributed by atoms with Crippen LogP contribution in [0.3, 0.4) is 0 Å². The second kappa shape index (κ2) is 5.44. The second-order valence-corrected chi connectivity index (χ2v) is 5.95. The second-order valence-electron chi connectivity index (χ2n) is 5.95. The fourth-order valence-electron chi connectivity index (χ4n) is 3.42. The normalized spacial score (nSPS) is 15.0. The van der Waals surface area contributed by atoms with Crippen LogP contribution in [0, 0.1) is 0 Å². The van der Waals surface area contributed by atoms with Crippen LogP contribution in [0.1, 0.15) is 49.9 Å². The zero-order valence-electron chi connectivity index (χ0n) is 13.3. The third-order valence-corrected chi connectivity index (χ3v) is 4.58. The predicted octanol–water partition coefficient (Wildman–Crippen LogP) is 4.88. The summed E-state index contributed by atoms with van der Waals surface area (Å²) in [6.07, 6.45) is 4.67. The average Bonchev–Trinajstić information content (AvgIpc) is 2.74. The SMILES string of the molecule is C=C(C)c1ccc2[nH]c3c(c2c1)CCCC(CC)=C3NC. The Morgan fingerprint density at radius 2 is 2.14 bits per heavy atom. The summed E-state index contributed by atoms with van der Waals surface area (Å²) in [7, 11) is 2.03. The number of nitrogens with one attached hydrogen (secondary N) is 2. The predicted molar refractivity (Wildman–Crippen MR) is 92.2 cm³/mol. The van der Waals surface area contributed by atoms with Gasteiger partial charge in [0, 0.05) is 18.0 Å². The summed E-state index contributed by atoms with van der Waals surface area (Å²) in [5.74, 6) is 0. The number of aromatic amines is 1. The Balaban J connectivity index is 2.26. The fraction of sp³-hybridized carbons (Fsp3) is 0.368. The van der Waals surface area contributed by atoms with Gasteiger partial charge in [0.1, 0.15) is 0 Å². The lowest BCUT2D eigenvalue weighted by molar-refractivity contribution is 0.799. The average molecular weight is 280 g/mol. The van der Waals surface area contributed by atoms with E-state index in [-0.39, 0.29) is 0 Å². The van der Waals surface area contributed by atoms with Crippen LogP contribution in [0.4, 0.5) is 0 Å². The van der Waals surface area contributed by atoms with Crippen molar-refractivity contribution in [2.24, 2.45) is 0 Å². The van der Waals surface area contributed by atoms with Crippen molar-refractivity contribution in [2.45, 2.75) is 39.5 Å². The Hall–Kier alpha value is -1.96. The molecule has 2 aromatic rings. The van der Waals surface area contributed by atoms with Crippen molar-refractivity contribution in [3.63, 3.8) is 0 Å². The fourth-order valence-corrected chi connectivity index (χ4v) is 3.42. The number of rotatable bonds is 3. The molecule has 1 aromatic carbocycles. The van der Waals surface area contributed by atoms with Crippen LogP contribution < -0.4 is 5.32 Å². The van der Waals surface area contributed by atoms with E-state index in [1.165, 1.54) is 51.8 Å². The van der Waals surface area contributed by atoms with E-state index in [0.29, 0.717) is 0 Å². The van der Waals surface area contributed by atoms with Gasteiger partial charge in [-0.25, -0.2) is 0 Å². The van der Waals surface area contributed by atoms with Crippen molar-refractivity contribution in [3.05, 3.63) is 47.2 Å². The first-order valence-corrected chi connectivity index (χ1v) is 7.86. The smallest absolute Gasteiger partial charge is 0.0658 e. The number of H-pyrrole nitrogens is 1. The van der Waals surface area contributed by atoms with Gasteiger partial charge in [-0.3, -0.25) is 0 Å². The van der Waals surface area contributed by atoms with Gasteiger partial charge < -0.3 is 10.3 Å². The van der Waals surface area contributed by atoms with Gasteiger partial charge in [0.25, 0.3) is 0 Å². The van der Waals surface area contributed by atoms with Crippen LogP contribution >= 0.6 is 0 Å². The van der Waals surface area contributed by atoms with Crippen molar-refractivity contribution in [3.8, 4) is 0 Å². The molecule has 21 heavy (non-hydrogen) atoms. The Morgan fingerprint density at radius 1 is 1.33 bits per heavy atom. The summed E-state index contributed by atoms with van der Waals surface area (Å²) in [6.45, 7) is 8.39. The maximum Gasteiger partial charge on any atom is 0.0658 e. The molecule has 1 heterocycles. The van der Waals surface area contributed by atoms with Crippen LogP contribution in [0.2, 0.25) is 0 Å². The third-order valence-electron chi connectivity index (χ3n) is 4.58. The first-order valence-electron chi connectivity index (χ1n) is 7.86. The minimum atomic E-state index is 1.11. The van der Waals surface area contributed by atoms with Crippen LogP contribution in [0.5, 0.6) is 0 Å². The molecule has 0 saturated heterocycles. The van der Waals surface area contributed by atoms with Crippen LogP contribution in [0.25, 0.3) is 22.2 Å². The highest BCUT2D eigenvalue weighted by Gasteiger charge is 2.20. The molecule has 2 nitrogen and oxygen atoms in total. The maximum atomic E-state index is 4.07.